The summed E-state index contributed by atoms with van der Waals surface area (Å²) in [6.45, 7) is 2.22. The number of para-hydroxylation sites is 2. The van der Waals surface area contributed by atoms with Crippen molar-refractivity contribution in [3.63, 3.8) is 0 Å². The van der Waals surface area contributed by atoms with Gasteiger partial charge >= 0.3 is 0 Å². The second-order valence-electron chi connectivity index (χ2n) is 3.98. The van der Waals surface area contributed by atoms with Gasteiger partial charge in [-0.05, 0) is 31.2 Å². The summed E-state index contributed by atoms with van der Waals surface area (Å²) in [5.41, 5.74) is -0.249. The van der Waals surface area contributed by atoms with Crippen LogP contribution in [0.2, 0.25) is 0 Å². The van der Waals surface area contributed by atoms with Crippen molar-refractivity contribution >= 4 is 11.6 Å². The molecule has 5 heteroatoms. The lowest BCUT2D eigenvalue weighted by Gasteiger charge is -2.11. The number of benzene rings is 2. The minimum Gasteiger partial charge on any atom is -0.492 e. The molecule has 104 valence electrons. The quantitative estimate of drug-likeness (QED) is 0.927. The van der Waals surface area contributed by atoms with E-state index in [1.165, 1.54) is 6.07 Å². The molecule has 0 unspecified atom stereocenters. The highest BCUT2D eigenvalue weighted by Crippen LogP contribution is 2.25. The normalized spacial score (nSPS) is 10.2. The van der Waals surface area contributed by atoms with Crippen LogP contribution in [0.5, 0.6) is 5.75 Å². The SMILES string of the molecule is CCOc1ccccc1NC(=O)c1c(F)cccc1F. The average Bonchev–Trinajstić information content (AvgIpc) is 2.41. The molecule has 2 rings (SSSR count). The van der Waals surface area contributed by atoms with E-state index >= 15 is 0 Å². The second kappa shape index (κ2) is 6.14. The summed E-state index contributed by atoms with van der Waals surface area (Å²) >= 11 is 0. The number of hydrogen-bond donors (Lipinski definition) is 1. The molecule has 3 nitrogen and oxygen atoms in total. The Balaban J connectivity index is 2.28. The van der Waals surface area contributed by atoms with Crippen LogP contribution in [0.15, 0.2) is 42.5 Å². The lowest BCUT2D eigenvalue weighted by Crippen LogP contribution is -2.16. The summed E-state index contributed by atoms with van der Waals surface area (Å²) in [6.07, 6.45) is 0. The van der Waals surface area contributed by atoms with Gasteiger partial charge in [-0.2, -0.15) is 0 Å². The van der Waals surface area contributed by atoms with Gasteiger partial charge in [0.05, 0.1) is 12.3 Å². The van der Waals surface area contributed by atoms with Gasteiger partial charge in [-0.1, -0.05) is 18.2 Å². The van der Waals surface area contributed by atoms with Gasteiger partial charge in [0.15, 0.2) is 0 Å². The van der Waals surface area contributed by atoms with Gasteiger partial charge in [0, 0.05) is 0 Å². The van der Waals surface area contributed by atoms with Crippen LogP contribution in [0, 0.1) is 11.6 Å². The number of rotatable bonds is 4. The number of ether oxygens (including phenoxy) is 1. The molecule has 2 aromatic carbocycles. The minimum atomic E-state index is -0.906. The van der Waals surface area contributed by atoms with E-state index in [1.54, 1.807) is 31.2 Å². The monoisotopic (exact) mass is 277 g/mol. The Morgan fingerprint density at radius 3 is 2.40 bits per heavy atom. The van der Waals surface area contributed by atoms with E-state index in [9.17, 15) is 13.6 Å². The lowest BCUT2D eigenvalue weighted by atomic mass is 10.1. The van der Waals surface area contributed by atoms with E-state index < -0.39 is 23.1 Å². The van der Waals surface area contributed by atoms with Crippen molar-refractivity contribution < 1.29 is 18.3 Å². The predicted octanol–water partition coefficient (Wildman–Crippen LogP) is 3.62. The zero-order chi connectivity index (χ0) is 14.5. The second-order valence-corrected chi connectivity index (χ2v) is 3.98. The molecule has 0 spiro atoms. The molecule has 1 amide bonds. The highest BCUT2D eigenvalue weighted by molar-refractivity contribution is 6.05. The fourth-order valence-corrected chi connectivity index (χ4v) is 1.75. The Hall–Kier alpha value is -2.43. The van der Waals surface area contributed by atoms with Gasteiger partial charge in [-0.25, -0.2) is 8.78 Å². The zero-order valence-electron chi connectivity index (χ0n) is 10.8. The number of carbonyl (C=O) groups is 1. The van der Waals surface area contributed by atoms with Crippen LogP contribution in [-0.4, -0.2) is 12.5 Å². The van der Waals surface area contributed by atoms with Crippen molar-refractivity contribution in [3.05, 3.63) is 59.7 Å². The van der Waals surface area contributed by atoms with Crippen molar-refractivity contribution in [1.29, 1.82) is 0 Å². The minimum absolute atomic E-state index is 0.363. The van der Waals surface area contributed by atoms with E-state index in [4.69, 9.17) is 4.74 Å². The molecular formula is C15H13F2NO2. The molecule has 1 N–H and O–H groups in total. The highest BCUT2D eigenvalue weighted by atomic mass is 19.1. The summed E-state index contributed by atoms with van der Waals surface area (Å²) < 4.78 is 32.4. The Bertz CT molecular complexity index is 609. The van der Waals surface area contributed by atoms with E-state index in [2.05, 4.69) is 5.32 Å². The number of anilines is 1. The van der Waals surface area contributed by atoms with Gasteiger partial charge in [-0.3, -0.25) is 4.79 Å². The van der Waals surface area contributed by atoms with Crippen molar-refractivity contribution in [2.45, 2.75) is 6.92 Å². The Labute approximate surface area is 115 Å². The average molecular weight is 277 g/mol. The van der Waals surface area contributed by atoms with Gasteiger partial charge in [0.1, 0.15) is 22.9 Å². The third-order valence-corrected chi connectivity index (χ3v) is 2.62. The van der Waals surface area contributed by atoms with Crippen LogP contribution < -0.4 is 10.1 Å². The van der Waals surface area contributed by atoms with Gasteiger partial charge in [0.25, 0.3) is 5.91 Å². The topological polar surface area (TPSA) is 38.3 Å². The molecule has 0 saturated heterocycles. The molecule has 0 radical (unpaired) electrons. The fourth-order valence-electron chi connectivity index (χ4n) is 1.75. The molecule has 0 fully saturated rings. The van der Waals surface area contributed by atoms with Crippen LogP contribution in [0.25, 0.3) is 0 Å². The smallest absolute Gasteiger partial charge is 0.261 e. The largest absolute Gasteiger partial charge is 0.492 e. The van der Waals surface area contributed by atoms with Crippen LogP contribution in [0.3, 0.4) is 0 Å². The molecule has 0 aliphatic heterocycles. The van der Waals surface area contributed by atoms with Crippen LogP contribution >= 0.6 is 0 Å². The standard InChI is InChI=1S/C15H13F2NO2/c1-2-20-13-9-4-3-8-12(13)18-15(19)14-10(16)6-5-7-11(14)17/h3-9H,2H2,1H3,(H,18,19). The molecule has 0 aliphatic rings. The van der Waals surface area contributed by atoms with Gasteiger partial charge < -0.3 is 10.1 Å². The van der Waals surface area contributed by atoms with E-state index in [0.717, 1.165) is 12.1 Å². The summed E-state index contributed by atoms with van der Waals surface area (Å²) in [5, 5.41) is 2.45. The molecule has 0 heterocycles. The zero-order valence-corrected chi connectivity index (χ0v) is 10.8. The summed E-state index contributed by atoms with van der Waals surface area (Å²) in [4.78, 5) is 12.0. The molecule has 0 bridgehead atoms. The Morgan fingerprint density at radius 1 is 1.10 bits per heavy atom. The lowest BCUT2D eigenvalue weighted by molar-refractivity contribution is 0.101. The van der Waals surface area contributed by atoms with E-state index in [0.29, 0.717) is 18.0 Å². The first-order chi connectivity index (χ1) is 9.63. The maximum Gasteiger partial charge on any atom is 0.261 e. The van der Waals surface area contributed by atoms with Crippen LogP contribution in [-0.2, 0) is 0 Å². The van der Waals surface area contributed by atoms with Crippen LogP contribution in [0.1, 0.15) is 17.3 Å². The van der Waals surface area contributed by atoms with Gasteiger partial charge in [-0.15, -0.1) is 0 Å². The van der Waals surface area contributed by atoms with Crippen molar-refractivity contribution in [2.24, 2.45) is 0 Å². The molecule has 0 aromatic heterocycles. The van der Waals surface area contributed by atoms with E-state index in [1.807, 2.05) is 0 Å². The summed E-state index contributed by atoms with van der Waals surface area (Å²) in [6, 6.07) is 9.97. The van der Waals surface area contributed by atoms with Gasteiger partial charge in [0.2, 0.25) is 0 Å². The van der Waals surface area contributed by atoms with Crippen LogP contribution in [0.4, 0.5) is 14.5 Å². The van der Waals surface area contributed by atoms with Crippen molar-refractivity contribution in [1.82, 2.24) is 0 Å². The molecular weight excluding hydrogens is 264 g/mol. The maximum atomic E-state index is 13.5. The number of carbonyl (C=O) groups excluding carboxylic acids is 1. The number of halogens is 2. The maximum absolute atomic E-state index is 13.5. The Kier molecular flexibility index (Phi) is 4.30. The Morgan fingerprint density at radius 2 is 1.75 bits per heavy atom. The predicted molar refractivity (Wildman–Crippen MR) is 71.9 cm³/mol. The summed E-state index contributed by atoms with van der Waals surface area (Å²) in [5.74, 6) is -2.22. The fraction of sp³-hybridized carbons (Fsp3) is 0.133. The van der Waals surface area contributed by atoms with E-state index in [-0.39, 0.29) is 0 Å². The third-order valence-electron chi connectivity index (χ3n) is 2.62. The first-order valence-corrected chi connectivity index (χ1v) is 6.10. The van der Waals surface area contributed by atoms with Crippen molar-refractivity contribution in [2.75, 3.05) is 11.9 Å². The van der Waals surface area contributed by atoms with Crippen molar-refractivity contribution in [3.8, 4) is 5.75 Å². The molecule has 0 atom stereocenters. The summed E-state index contributed by atoms with van der Waals surface area (Å²) in [7, 11) is 0. The number of amides is 1. The first kappa shape index (κ1) is 14.0. The third kappa shape index (κ3) is 2.93. The number of hydrogen-bond acceptors (Lipinski definition) is 2. The number of nitrogens with one attached hydrogen (secondary N) is 1. The first-order valence-electron chi connectivity index (χ1n) is 6.10. The highest BCUT2D eigenvalue weighted by Gasteiger charge is 2.18. The molecule has 0 aliphatic carbocycles. The molecule has 2 aromatic rings. The molecule has 0 saturated carbocycles. The molecule has 20 heavy (non-hydrogen) atoms.